The number of aliphatic carboxylic acids is 1. The van der Waals surface area contributed by atoms with Gasteiger partial charge in [0.15, 0.2) is 6.17 Å². The van der Waals surface area contributed by atoms with E-state index in [9.17, 15) is 9.18 Å². The van der Waals surface area contributed by atoms with Gasteiger partial charge in [0.1, 0.15) is 0 Å². The van der Waals surface area contributed by atoms with E-state index in [2.05, 4.69) is 6.92 Å². The standard InChI is InChI=1S/C12H21FO2/c1-2-4-9-5-3-6-10(8-7-9)11(13)12(14)15/h9-11H,2-8H2,1H3,(H,14,15). The predicted octanol–water partition coefficient (Wildman–Crippen LogP) is 3.41. The highest BCUT2D eigenvalue weighted by atomic mass is 19.1. The Balaban J connectivity index is 2.41. The Bertz CT molecular complexity index is 206. The van der Waals surface area contributed by atoms with Gasteiger partial charge in [0.2, 0.25) is 0 Å². The normalized spacial score (nSPS) is 29.5. The Labute approximate surface area is 90.9 Å². The average molecular weight is 216 g/mol. The zero-order valence-corrected chi connectivity index (χ0v) is 9.42. The van der Waals surface area contributed by atoms with Gasteiger partial charge in [-0.1, -0.05) is 39.0 Å². The minimum absolute atomic E-state index is 0.246. The molecule has 1 aliphatic rings. The molecule has 3 unspecified atom stereocenters. The van der Waals surface area contributed by atoms with E-state index in [0.717, 1.165) is 32.1 Å². The number of hydrogen-bond acceptors (Lipinski definition) is 1. The lowest BCUT2D eigenvalue weighted by atomic mass is 9.92. The molecule has 1 rings (SSSR count). The fraction of sp³-hybridized carbons (Fsp3) is 0.917. The molecule has 1 saturated carbocycles. The van der Waals surface area contributed by atoms with E-state index in [-0.39, 0.29) is 5.92 Å². The van der Waals surface area contributed by atoms with Gasteiger partial charge in [0.25, 0.3) is 0 Å². The molecule has 88 valence electrons. The number of alkyl halides is 1. The quantitative estimate of drug-likeness (QED) is 0.731. The SMILES string of the molecule is CCCC1CCCC(C(F)C(=O)O)CC1. The molecule has 1 N–H and O–H groups in total. The van der Waals surface area contributed by atoms with Crippen LogP contribution in [0.25, 0.3) is 0 Å². The van der Waals surface area contributed by atoms with Crippen molar-refractivity contribution in [2.75, 3.05) is 0 Å². The van der Waals surface area contributed by atoms with E-state index in [1.54, 1.807) is 0 Å². The molecule has 1 fully saturated rings. The van der Waals surface area contributed by atoms with Crippen molar-refractivity contribution in [3.05, 3.63) is 0 Å². The molecular weight excluding hydrogens is 195 g/mol. The molecular formula is C12H21FO2. The molecule has 2 nitrogen and oxygen atoms in total. The van der Waals surface area contributed by atoms with Gasteiger partial charge in [0, 0.05) is 5.92 Å². The summed E-state index contributed by atoms with van der Waals surface area (Å²) in [4.78, 5) is 10.5. The van der Waals surface area contributed by atoms with Gasteiger partial charge < -0.3 is 5.11 Å². The molecule has 3 atom stereocenters. The molecule has 1 aliphatic carbocycles. The monoisotopic (exact) mass is 216 g/mol. The van der Waals surface area contributed by atoms with Gasteiger partial charge in [-0.3, -0.25) is 0 Å². The minimum atomic E-state index is -1.65. The molecule has 0 aromatic carbocycles. The first-order valence-electron chi connectivity index (χ1n) is 6.02. The third kappa shape index (κ3) is 3.80. The van der Waals surface area contributed by atoms with Crippen molar-refractivity contribution in [3.8, 4) is 0 Å². The molecule has 0 aromatic heterocycles. The molecule has 0 aromatic rings. The lowest BCUT2D eigenvalue weighted by molar-refractivity contribution is -0.145. The van der Waals surface area contributed by atoms with E-state index in [1.807, 2.05) is 0 Å². The van der Waals surface area contributed by atoms with Crippen LogP contribution in [-0.4, -0.2) is 17.2 Å². The summed E-state index contributed by atoms with van der Waals surface area (Å²) in [6.07, 6.45) is 5.37. The van der Waals surface area contributed by atoms with Crippen LogP contribution in [0.4, 0.5) is 4.39 Å². The fourth-order valence-electron chi connectivity index (χ4n) is 2.60. The highest BCUT2D eigenvalue weighted by Gasteiger charge is 2.29. The average Bonchev–Trinajstić information content (AvgIpc) is 2.43. The van der Waals surface area contributed by atoms with Crippen molar-refractivity contribution < 1.29 is 14.3 Å². The zero-order chi connectivity index (χ0) is 11.3. The van der Waals surface area contributed by atoms with Crippen molar-refractivity contribution in [1.82, 2.24) is 0 Å². The number of carbonyl (C=O) groups is 1. The smallest absolute Gasteiger partial charge is 0.338 e. The van der Waals surface area contributed by atoms with Crippen LogP contribution in [-0.2, 0) is 4.79 Å². The van der Waals surface area contributed by atoms with Gasteiger partial charge >= 0.3 is 5.97 Å². The van der Waals surface area contributed by atoms with Gasteiger partial charge in [-0.25, -0.2) is 9.18 Å². The summed E-state index contributed by atoms with van der Waals surface area (Å²) in [5.74, 6) is -0.834. The summed E-state index contributed by atoms with van der Waals surface area (Å²) in [5.41, 5.74) is 0. The maximum Gasteiger partial charge on any atom is 0.338 e. The molecule has 0 radical (unpaired) electrons. The zero-order valence-electron chi connectivity index (χ0n) is 9.42. The van der Waals surface area contributed by atoms with Crippen LogP contribution < -0.4 is 0 Å². The number of halogens is 1. The third-order valence-corrected chi connectivity index (χ3v) is 3.48. The predicted molar refractivity (Wildman–Crippen MR) is 57.5 cm³/mol. The van der Waals surface area contributed by atoms with Crippen LogP contribution in [0.1, 0.15) is 51.9 Å². The first kappa shape index (κ1) is 12.5. The van der Waals surface area contributed by atoms with Crippen molar-refractivity contribution >= 4 is 5.97 Å². The van der Waals surface area contributed by atoms with Gasteiger partial charge in [0.05, 0.1) is 0 Å². The van der Waals surface area contributed by atoms with Gasteiger partial charge in [-0.05, 0) is 18.8 Å². The van der Waals surface area contributed by atoms with E-state index < -0.39 is 12.1 Å². The maximum absolute atomic E-state index is 13.3. The van der Waals surface area contributed by atoms with Gasteiger partial charge in [-0.15, -0.1) is 0 Å². The Kier molecular flexibility index (Phi) is 5.06. The Hall–Kier alpha value is -0.600. The Morgan fingerprint density at radius 3 is 2.73 bits per heavy atom. The van der Waals surface area contributed by atoms with Crippen LogP contribution in [0.3, 0.4) is 0 Å². The molecule has 0 aliphatic heterocycles. The Morgan fingerprint density at radius 2 is 2.13 bits per heavy atom. The lowest BCUT2D eigenvalue weighted by Crippen LogP contribution is -2.24. The van der Waals surface area contributed by atoms with E-state index in [4.69, 9.17) is 5.11 Å². The van der Waals surface area contributed by atoms with Crippen LogP contribution in [0.15, 0.2) is 0 Å². The van der Waals surface area contributed by atoms with Crippen molar-refractivity contribution in [3.63, 3.8) is 0 Å². The highest BCUT2D eigenvalue weighted by molar-refractivity contribution is 5.72. The molecule has 0 saturated heterocycles. The maximum atomic E-state index is 13.3. The summed E-state index contributed by atoms with van der Waals surface area (Å²) in [7, 11) is 0. The number of carboxylic acid groups (broad SMARTS) is 1. The highest BCUT2D eigenvalue weighted by Crippen LogP contribution is 2.32. The summed E-state index contributed by atoms with van der Waals surface area (Å²) in [6.45, 7) is 2.16. The lowest BCUT2D eigenvalue weighted by Gasteiger charge is -2.15. The number of rotatable bonds is 4. The van der Waals surface area contributed by atoms with Crippen molar-refractivity contribution in [1.29, 1.82) is 0 Å². The van der Waals surface area contributed by atoms with Crippen LogP contribution in [0.5, 0.6) is 0 Å². The molecule has 0 amide bonds. The number of carboxylic acids is 1. The van der Waals surface area contributed by atoms with E-state index in [0.29, 0.717) is 5.92 Å². The second-order valence-corrected chi connectivity index (χ2v) is 4.66. The largest absolute Gasteiger partial charge is 0.479 e. The van der Waals surface area contributed by atoms with Crippen molar-refractivity contribution in [2.24, 2.45) is 11.8 Å². The second kappa shape index (κ2) is 6.09. The molecule has 0 heterocycles. The fourth-order valence-corrected chi connectivity index (χ4v) is 2.60. The van der Waals surface area contributed by atoms with Crippen LogP contribution in [0.2, 0.25) is 0 Å². The molecule has 0 bridgehead atoms. The molecule has 3 heteroatoms. The topological polar surface area (TPSA) is 37.3 Å². The van der Waals surface area contributed by atoms with E-state index in [1.165, 1.54) is 12.8 Å². The Morgan fingerprint density at radius 1 is 1.40 bits per heavy atom. The summed E-state index contributed by atoms with van der Waals surface area (Å²) in [6, 6.07) is 0. The minimum Gasteiger partial charge on any atom is -0.479 e. The number of hydrogen-bond donors (Lipinski definition) is 1. The second-order valence-electron chi connectivity index (χ2n) is 4.66. The first-order chi connectivity index (χ1) is 7.15. The summed E-state index contributed by atoms with van der Waals surface area (Å²) in [5, 5.41) is 8.62. The van der Waals surface area contributed by atoms with Crippen molar-refractivity contribution in [2.45, 2.75) is 58.0 Å². The summed E-state index contributed by atoms with van der Waals surface area (Å²) >= 11 is 0. The van der Waals surface area contributed by atoms with Gasteiger partial charge in [-0.2, -0.15) is 0 Å². The van der Waals surface area contributed by atoms with Crippen LogP contribution >= 0.6 is 0 Å². The first-order valence-corrected chi connectivity index (χ1v) is 6.02. The molecule has 0 spiro atoms. The third-order valence-electron chi connectivity index (χ3n) is 3.48. The summed E-state index contributed by atoms with van der Waals surface area (Å²) < 4.78 is 13.3. The van der Waals surface area contributed by atoms with Crippen LogP contribution in [0, 0.1) is 11.8 Å². The molecule has 15 heavy (non-hydrogen) atoms. The van der Waals surface area contributed by atoms with E-state index >= 15 is 0 Å².